The van der Waals surface area contributed by atoms with Crippen LogP contribution >= 0.6 is 0 Å². The number of aliphatic hydroxyl groups is 1. The van der Waals surface area contributed by atoms with Crippen molar-refractivity contribution in [2.45, 2.75) is 77.2 Å². The van der Waals surface area contributed by atoms with Crippen LogP contribution in [0.5, 0.6) is 0 Å². The summed E-state index contributed by atoms with van der Waals surface area (Å²) in [5.41, 5.74) is 10.4. The molecular weight excluding hydrogens is 382 g/mol. The number of hydrogen-bond acceptors (Lipinski definition) is 4. The Hall–Kier alpha value is -1.94. The fraction of sp³-hybridized carbons (Fsp3) is 0.630. The molecule has 31 heavy (non-hydrogen) atoms. The van der Waals surface area contributed by atoms with E-state index in [1.165, 1.54) is 44.1 Å². The van der Waals surface area contributed by atoms with Crippen LogP contribution in [0, 0.1) is 28.6 Å². The SMILES string of the molecule is C[C@]12CC[C@H]3[C@@H](CC=C4C[C@H](O)CC[C@@]43C)[C@@H]1CC[C@@H]2c1ccc2nc(N)ncc2c1. The zero-order valence-electron chi connectivity index (χ0n) is 18.8. The molecule has 2 aromatic rings. The van der Waals surface area contributed by atoms with Gasteiger partial charge in [0.2, 0.25) is 5.95 Å². The minimum Gasteiger partial charge on any atom is -0.393 e. The van der Waals surface area contributed by atoms with Crippen LogP contribution in [-0.2, 0) is 0 Å². The maximum absolute atomic E-state index is 10.2. The smallest absolute Gasteiger partial charge is 0.220 e. The molecule has 6 rings (SSSR count). The maximum Gasteiger partial charge on any atom is 0.220 e. The van der Waals surface area contributed by atoms with Gasteiger partial charge < -0.3 is 10.8 Å². The summed E-state index contributed by atoms with van der Waals surface area (Å²) in [6.07, 6.45) is 13.9. The number of nitrogen functional groups attached to an aromatic ring is 1. The van der Waals surface area contributed by atoms with Gasteiger partial charge in [0, 0.05) is 11.6 Å². The van der Waals surface area contributed by atoms with Gasteiger partial charge in [-0.3, -0.25) is 0 Å². The number of nitrogens with two attached hydrogens (primary N) is 1. The topological polar surface area (TPSA) is 72.0 Å². The molecule has 4 nitrogen and oxygen atoms in total. The molecule has 7 atom stereocenters. The lowest BCUT2D eigenvalue weighted by Gasteiger charge is -2.58. The third-order valence-electron chi connectivity index (χ3n) is 10.1. The van der Waals surface area contributed by atoms with Crippen molar-refractivity contribution in [3.05, 3.63) is 41.6 Å². The minimum atomic E-state index is -0.118. The lowest BCUT2D eigenvalue weighted by atomic mass is 9.47. The van der Waals surface area contributed by atoms with Crippen molar-refractivity contribution in [1.29, 1.82) is 0 Å². The summed E-state index contributed by atoms with van der Waals surface area (Å²) < 4.78 is 0. The first-order valence-electron chi connectivity index (χ1n) is 12.3. The molecule has 3 N–H and O–H groups in total. The summed E-state index contributed by atoms with van der Waals surface area (Å²) >= 11 is 0. The van der Waals surface area contributed by atoms with Gasteiger partial charge in [0.05, 0.1) is 11.6 Å². The number of fused-ring (bicyclic) bond motifs is 6. The van der Waals surface area contributed by atoms with Crippen molar-refractivity contribution < 1.29 is 5.11 Å². The van der Waals surface area contributed by atoms with E-state index in [1.54, 1.807) is 5.57 Å². The Morgan fingerprint density at radius 3 is 2.81 bits per heavy atom. The first-order chi connectivity index (χ1) is 14.9. The predicted molar refractivity (Wildman–Crippen MR) is 124 cm³/mol. The zero-order chi connectivity index (χ0) is 21.4. The van der Waals surface area contributed by atoms with Crippen LogP contribution in [0.3, 0.4) is 0 Å². The molecule has 4 aliphatic carbocycles. The van der Waals surface area contributed by atoms with Gasteiger partial charge in [-0.05, 0) is 104 Å². The van der Waals surface area contributed by atoms with Gasteiger partial charge in [-0.15, -0.1) is 0 Å². The first-order valence-corrected chi connectivity index (χ1v) is 12.3. The molecule has 0 unspecified atom stereocenters. The summed E-state index contributed by atoms with van der Waals surface area (Å²) in [7, 11) is 0. The predicted octanol–water partition coefficient (Wildman–Crippen LogP) is 5.62. The summed E-state index contributed by atoms with van der Waals surface area (Å²) in [5.74, 6) is 3.36. The molecule has 1 heterocycles. The Labute approximate surface area is 185 Å². The van der Waals surface area contributed by atoms with E-state index in [0.29, 0.717) is 22.7 Å². The Bertz CT molecular complexity index is 1060. The fourth-order valence-corrected chi connectivity index (χ4v) is 8.47. The monoisotopic (exact) mass is 417 g/mol. The standard InChI is InChI=1S/C27H35N3O/c1-26-11-9-19(31)14-18(26)4-5-20-22-7-6-21(27(22,2)12-10-23(20)26)16-3-8-24-17(13-16)15-29-25(28)30-24/h3-4,8,13,15,19-23,31H,5-7,9-12,14H2,1-2H3,(H2,28,29,30)/t19-,20+,21-,22+,23+,26+,27-/m1/s1. The van der Waals surface area contributed by atoms with Crippen LogP contribution in [0.25, 0.3) is 10.9 Å². The highest BCUT2D eigenvalue weighted by Gasteiger charge is 2.58. The van der Waals surface area contributed by atoms with Gasteiger partial charge in [-0.2, -0.15) is 0 Å². The number of rotatable bonds is 1. The highest BCUT2D eigenvalue weighted by Crippen LogP contribution is 2.68. The lowest BCUT2D eigenvalue weighted by molar-refractivity contribution is -0.0409. The largest absolute Gasteiger partial charge is 0.393 e. The molecule has 4 heteroatoms. The van der Waals surface area contributed by atoms with Crippen LogP contribution in [0.15, 0.2) is 36.0 Å². The number of aromatic nitrogens is 2. The van der Waals surface area contributed by atoms with E-state index in [2.05, 4.69) is 48.1 Å². The van der Waals surface area contributed by atoms with Crippen molar-refractivity contribution in [2.24, 2.45) is 28.6 Å². The minimum absolute atomic E-state index is 0.118. The normalized spacial score (nSPS) is 41.9. The third-order valence-corrected chi connectivity index (χ3v) is 10.1. The molecule has 4 aliphatic rings. The Morgan fingerprint density at radius 2 is 1.94 bits per heavy atom. The van der Waals surface area contributed by atoms with E-state index in [1.807, 2.05) is 6.20 Å². The quantitative estimate of drug-likeness (QED) is 0.591. The molecule has 3 saturated carbocycles. The van der Waals surface area contributed by atoms with Gasteiger partial charge in [0.1, 0.15) is 0 Å². The average Bonchev–Trinajstić information content (AvgIpc) is 3.11. The van der Waals surface area contributed by atoms with E-state index in [4.69, 9.17) is 5.73 Å². The third kappa shape index (κ3) is 2.83. The van der Waals surface area contributed by atoms with Crippen LogP contribution in [0.4, 0.5) is 5.95 Å². The lowest BCUT2D eigenvalue weighted by Crippen LogP contribution is -2.50. The summed E-state index contributed by atoms with van der Waals surface area (Å²) in [4.78, 5) is 8.61. The zero-order valence-corrected chi connectivity index (χ0v) is 18.8. The van der Waals surface area contributed by atoms with Crippen LogP contribution in [-0.4, -0.2) is 21.2 Å². The number of benzene rings is 1. The number of aliphatic hydroxyl groups excluding tert-OH is 1. The van der Waals surface area contributed by atoms with Crippen LogP contribution in [0.2, 0.25) is 0 Å². The van der Waals surface area contributed by atoms with E-state index in [-0.39, 0.29) is 6.10 Å². The second-order valence-electron chi connectivity index (χ2n) is 11.4. The molecule has 1 aromatic heterocycles. The van der Waals surface area contributed by atoms with Crippen LogP contribution in [0.1, 0.15) is 76.7 Å². The molecule has 0 spiro atoms. The molecule has 0 amide bonds. The average molecular weight is 418 g/mol. The highest BCUT2D eigenvalue weighted by molar-refractivity contribution is 5.79. The summed E-state index contributed by atoms with van der Waals surface area (Å²) in [6, 6.07) is 6.75. The first kappa shape index (κ1) is 19.7. The molecule has 3 fully saturated rings. The van der Waals surface area contributed by atoms with Gasteiger partial charge in [0.25, 0.3) is 0 Å². The van der Waals surface area contributed by atoms with Crippen molar-refractivity contribution in [3.8, 4) is 0 Å². The van der Waals surface area contributed by atoms with Crippen molar-refractivity contribution >= 4 is 16.9 Å². The Morgan fingerprint density at radius 1 is 1.06 bits per heavy atom. The van der Waals surface area contributed by atoms with Crippen molar-refractivity contribution in [3.63, 3.8) is 0 Å². The van der Waals surface area contributed by atoms with Gasteiger partial charge in [0.15, 0.2) is 0 Å². The Balaban J connectivity index is 1.32. The van der Waals surface area contributed by atoms with Gasteiger partial charge in [-0.1, -0.05) is 31.6 Å². The second-order valence-corrected chi connectivity index (χ2v) is 11.4. The molecule has 1 aromatic carbocycles. The van der Waals surface area contributed by atoms with Crippen molar-refractivity contribution in [2.75, 3.05) is 5.73 Å². The molecule has 0 bridgehead atoms. The highest BCUT2D eigenvalue weighted by atomic mass is 16.3. The maximum atomic E-state index is 10.2. The molecule has 164 valence electrons. The summed E-state index contributed by atoms with van der Waals surface area (Å²) in [5, 5.41) is 11.3. The van der Waals surface area contributed by atoms with E-state index in [0.717, 1.165) is 41.5 Å². The number of anilines is 1. The molecular formula is C27H35N3O. The van der Waals surface area contributed by atoms with Gasteiger partial charge in [-0.25, -0.2) is 9.97 Å². The van der Waals surface area contributed by atoms with Gasteiger partial charge >= 0.3 is 0 Å². The number of allylic oxidation sites excluding steroid dienone is 1. The van der Waals surface area contributed by atoms with Crippen LogP contribution < -0.4 is 5.73 Å². The number of nitrogens with zero attached hydrogens (tertiary/aromatic N) is 2. The summed E-state index contributed by atoms with van der Waals surface area (Å²) in [6.45, 7) is 5.10. The molecule has 0 aliphatic heterocycles. The molecule has 0 saturated heterocycles. The molecule has 0 radical (unpaired) electrons. The fourth-order valence-electron chi connectivity index (χ4n) is 8.47. The second kappa shape index (κ2) is 6.78. The number of hydrogen-bond donors (Lipinski definition) is 2. The Kier molecular flexibility index (Phi) is 4.31. The van der Waals surface area contributed by atoms with E-state index >= 15 is 0 Å². The van der Waals surface area contributed by atoms with E-state index < -0.39 is 0 Å². The van der Waals surface area contributed by atoms with E-state index in [9.17, 15) is 5.11 Å². The van der Waals surface area contributed by atoms with Crippen molar-refractivity contribution in [1.82, 2.24) is 9.97 Å².